The standard InChI is InChI=1S/C16H24N4O4S/c1-12(13-3-2-4-17-10-13)19-16(21)15-9-14(11-18-15)25(22,23)20-5-7-24-8-6-20/h2-4,10,12,14-15,18H,5-9,11H2,1H3,(H,19,21). The van der Waals surface area contributed by atoms with Crippen molar-refractivity contribution in [1.82, 2.24) is 19.9 Å². The fourth-order valence-electron chi connectivity index (χ4n) is 3.17. The number of aromatic nitrogens is 1. The number of nitrogens with zero attached hydrogens (tertiary/aromatic N) is 2. The Labute approximate surface area is 148 Å². The molecule has 0 aromatic carbocycles. The molecule has 9 heteroatoms. The molecule has 138 valence electrons. The molecule has 0 radical (unpaired) electrons. The summed E-state index contributed by atoms with van der Waals surface area (Å²) in [4.78, 5) is 16.5. The summed E-state index contributed by atoms with van der Waals surface area (Å²) >= 11 is 0. The summed E-state index contributed by atoms with van der Waals surface area (Å²) in [5.41, 5.74) is 0.909. The number of amides is 1. The van der Waals surface area contributed by atoms with Gasteiger partial charge in [0.05, 0.1) is 30.5 Å². The van der Waals surface area contributed by atoms with Gasteiger partial charge in [-0.2, -0.15) is 4.31 Å². The minimum absolute atomic E-state index is 0.182. The van der Waals surface area contributed by atoms with Crippen LogP contribution >= 0.6 is 0 Å². The number of carbonyl (C=O) groups excluding carboxylic acids is 1. The van der Waals surface area contributed by atoms with E-state index in [0.717, 1.165) is 5.56 Å². The number of sulfonamides is 1. The minimum Gasteiger partial charge on any atom is -0.379 e. The molecular formula is C16H24N4O4S. The minimum atomic E-state index is -3.41. The Morgan fingerprint density at radius 2 is 2.20 bits per heavy atom. The van der Waals surface area contributed by atoms with E-state index in [1.165, 1.54) is 4.31 Å². The van der Waals surface area contributed by atoms with E-state index in [9.17, 15) is 13.2 Å². The molecule has 2 aliphatic rings. The van der Waals surface area contributed by atoms with Gasteiger partial charge in [-0.15, -0.1) is 0 Å². The summed E-state index contributed by atoms with van der Waals surface area (Å²) in [6.07, 6.45) is 3.67. The zero-order valence-corrected chi connectivity index (χ0v) is 15.0. The van der Waals surface area contributed by atoms with Crippen molar-refractivity contribution in [2.45, 2.75) is 30.7 Å². The van der Waals surface area contributed by atoms with Gasteiger partial charge in [-0.25, -0.2) is 8.42 Å². The third-order valence-corrected chi connectivity index (χ3v) is 6.99. The number of rotatable bonds is 5. The predicted molar refractivity (Wildman–Crippen MR) is 92.3 cm³/mol. The average molecular weight is 368 g/mol. The maximum absolute atomic E-state index is 12.7. The summed E-state index contributed by atoms with van der Waals surface area (Å²) in [6, 6.07) is 3.03. The first kappa shape index (κ1) is 18.2. The molecule has 2 saturated heterocycles. The molecule has 2 N–H and O–H groups in total. The van der Waals surface area contributed by atoms with E-state index in [4.69, 9.17) is 4.74 Å². The first-order valence-electron chi connectivity index (χ1n) is 8.49. The second kappa shape index (κ2) is 7.77. The van der Waals surface area contributed by atoms with Crippen LogP contribution in [0, 0.1) is 0 Å². The van der Waals surface area contributed by atoms with Crippen molar-refractivity contribution < 1.29 is 17.9 Å². The Bertz CT molecular complexity index is 691. The molecule has 0 bridgehead atoms. The zero-order chi connectivity index (χ0) is 17.9. The largest absolute Gasteiger partial charge is 0.379 e. The predicted octanol–water partition coefficient (Wildman–Crippen LogP) is -0.349. The molecule has 25 heavy (non-hydrogen) atoms. The van der Waals surface area contributed by atoms with Crippen LogP contribution < -0.4 is 10.6 Å². The highest BCUT2D eigenvalue weighted by Crippen LogP contribution is 2.21. The summed E-state index contributed by atoms with van der Waals surface area (Å²) in [6.45, 7) is 3.78. The number of ether oxygens (including phenoxy) is 1. The van der Waals surface area contributed by atoms with E-state index in [1.54, 1.807) is 12.4 Å². The summed E-state index contributed by atoms with van der Waals surface area (Å²) < 4.78 is 32.1. The van der Waals surface area contributed by atoms with Gasteiger partial charge in [0.2, 0.25) is 15.9 Å². The van der Waals surface area contributed by atoms with Gasteiger partial charge in [-0.3, -0.25) is 9.78 Å². The molecule has 2 aliphatic heterocycles. The van der Waals surface area contributed by atoms with Crippen molar-refractivity contribution in [3.05, 3.63) is 30.1 Å². The molecule has 1 aromatic rings. The number of pyridine rings is 1. The van der Waals surface area contributed by atoms with Gasteiger partial charge in [0.15, 0.2) is 0 Å². The molecule has 0 spiro atoms. The summed E-state index contributed by atoms with van der Waals surface area (Å²) in [5, 5.41) is 5.39. The maximum Gasteiger partial charge on any atom is 0.237 e. The van der Waals surface area contributed by atoms with Crippen LogP contribution in [0.15, 0.2) is 24.5 Å². The Morgan fingerprint density at radius 3 is 2.88 bits per heavy atom. The van der Waals surface area contributed by atoms with Crippen LogP contribution in [0.3, 0.4) is 0 Å². The highest BCUT2D eigenvalue weighted by atomic mass is 32.2. The van der Waals surface area contributed by atoms with Crippen molar-refractivity contribution in [3.63, 3.8) is 0 Å². The molecule has 1 aromatic heterocycles. The lowest BCUT2D eigenvalue weighted by atomic mass is 10.1. The number of hydrogen-bond acceptors (Lipinski definition) is 6. The summed E-state index contributed by atoms with van der Waals surface area (Å²) in [5.74, 6) is -0.184. The third kappa shape index (κ3) is 4.17. The number of nitrogens with one attached hydrogen (secondary N) is 2. The molecular weight excluding hydrogens is 344 g/mol. The van der Waals surface area contributed by atoms with Crippen molar-refractivity contribution in [2.24, 2.45) is 0 Å². The Kier molecular flexibility index (Phi) is 5.67. The zero-order valence-electron chi connectivity index (χ0n) is 14.2. The van der Waals surface area contributed by atoms with Crippen LogP contribution in [0.25, 0.3) is 0 Å². The van der Waals surface area contributed by atoms with Gasteiger partial charge >= 0.3 is 0 Å². The Morgan fingerprint density at radius 1 is 1.44 bits per heavy atom. The van der Waals surface area contributed by atoms with E-state index in [-0.39, 0.29) is 18.4 Å². The van der Waals surface area contributed by atoms with E-state index in [2.05, 4.69) is 15.6 Å². The van der Waals surface area contributed by atoms with E-state index in [1.807, 2.05) is 19.1 Å². The number of carbonyl (C=O) groups is 1. The molecule has 1 amide bonds. The average Bonchev–Trinajstić information content (AvgIpc) is 3.14. The fourth-order valence-corrected chi connectivity index (χ4v) is 4.99. The van der Waals surface area contributed by atoms with Crippen molar-refractivity contribution in [2.75, 3.05) is 32.8 Å². The van der Waals surface area contributed by atoms with Gasteiger partial charge in [0.1, 0.15) is 0 Å². The maximum atomic E-state index is 12.7. The van der Waals surface area contributed by atoms with Gasteiger partial charge in [-0.1, -0.05) is 6.07 Å². The van der Waals surface area contributed by atoms with E-state index >= 15 is 0 Å². The molecule has 0 aliphatic carbocycles. The fraction of sp³-hybridized carbons (Fsp3) is 0.625. The SMILES string of the molecule is CC(NC(=O)C1CC(S(=O)(=O)N2CCOCC2)CN1)c1cccnc1. The van der Waals surface area contributed by atoms with E-state index in [0.29, 0.717) is 32.8 Å². The van der Waals surface area contributed by atoms with Gasteiger partial charge in [-0.05, 0) is 25.0 Å². The molecule has 2 fully saturated rings. The summed E-state index contributed by atoms with van der Waals surface area (Å²) in [7, 11) is -3.41. The van der Waals surface area contributed by atoms with Crippen molar-refractivity contribution >= 4 is 15.9 Å². The second-order valence-corrected chi connectivity index (χ2v) is 8.60. The third-order valence-electron chi connectivity index (χ3n) is 4.70. The highest BCUT2D eigenvalue weighted by molar-refractivity contribution is 7.89. The molecule has 3 atom stereocenters. The molecule has 3 unspecified atom stereocenters. The number of morpholine rings is 1. The normalized spacial score (nSPS) is 26.3. The van der Waals surface area contributed by atoms with Gasteiger partial charge in [0, 0.05) is 32.0 Å². The Hall–Kier alpha value is -1.55. The topological polar surface area (TPSA) is 101 Å². The lowest BCUT2D eigenvalue weighted by molar-refractivity contribution is -0.123. The Balaban J connectivity index is 1.57. The quantitative estimate of drug-likeness (QED) is 0.737. The molecule has 3 heterocycles. The lowest BCUT2D eigenvalue weighted by Crippen LogP contribution is -2.45. The number of hydrogen-bond donors (Lipinski definition) is 2. The monoisotopic (exact) mass is 368 g/mol. The molecule has 8 nitrogen and oxygen atoms in total. The lowest BCUT2D eigenvalue weighted by Gasteiger charge is -2.28. The van der Waals surface area contributed by atoms with Crippen LogP contribution in [-0.2, 0) is 19.6 Å². The van der Waals surface area contributed by atoms with Gasteiger partial charge in [0.25, 0.3) is 0 Å². The van der Waals surface area contributed by atoms with E-state index < -0.39 is 21.3 Å². The smallest absolute Gasteiger partial charge is 0.237 e. The van der Waals surface area contributed by atoms with Crippen LogP contribution in [0.5, 0.6) is 0 Å². The van der Waals surface area contributed by atoms with Gasteiger partial charge < -0.3 is 15.4 Å². The first-order valence-corrected chi connectivity index (χ1v) is 9.99. The van der Waals surface area contributed by atoms with Crippen molar-refractivity contribution in [3.8, 4) is 0 Å². The highest BCUT2D eigenvalue weighted by Gasteiger charge is 2.40. The molecule has 0 saturated carbocycles. The molecule has 3 rings (SSSR count). The van der Waals surface area contributed by atoms with Crippen molar-refractivity contribution in [1.29, 1.82) is 0 Å². The van der Waals surface area contributed by atoms with Crippen LogP contribution in [0.4, 0.5) is 0 Å². The first-order chi connectivity index (χ1) is 12.0. The van der Waals surface area contributed by atoms with Crippen LogP contribution in [-0.4, -0.2) is 67.8 Å². The van der Waals surface area contributed by atoms with Crippen LogP contribution in [0.2, 0.25) is 0 Å². The van der Waals surface area contributed by atoms with Crippen LogP contribution in [0.1, 0.15) is 24.9 Å². The second-order valence-electron chi connectivity index (χ2n) is 6.39.